The van der Waals surface area contributed by atoms with E-state index in [9.17, 15) is 4.79 Å². The van der Waals surface area contributed by atoms with E-state index in [4.69, 9.17) is 5.11 Å². The van der Waals surface area contributed by atoms with Crippen LogP contribution in [0.1, 0.15) is 29.5 Å². The van der Waals surface area contributed by atoms with E-state index in [1.165, 1.54) is 0 Å². The van der Waals surface area contributed by atoms with Crippen molar-refractivity contribution in [3.05, 3.63) is 29.6 Å². The van der Waals surface area contributed by atoms with E-state index in [1.807, 2.05) is 43.7 Å². The average Bonchev–Trinajstić information content (AvgIpc) is 2.71. The van der Waals surface area contributed by atoms with Crippen molar-refractivity contribution in [3.8, 4) is 0 Å². The lowest BCUT2D eigenvalue weighted by Crippen LogP contribution is -2.28. The van der Waals surface area contributed by atoms with Crippen molar-refractivity contribution in [1.82, 2.24) is 14.9 Å². The number of nitrogens with zero attached hydrogens (tertiary/aromatic N) is 2. The third kappa shape index (κ3) is 2.99. The highest BCUT2D eigenvalue weighted by Gasteiger charge is 2.11. The van der Waals surface area contributed by atoms with E-state index in [2.05, 4.69) is 10.3 Å². The first-order valence-electron chi connectivity index (χ1n) is 6.85. The molecule has 108 valence electrons. The normalized spacial score (nSPS) is 12.6. The molecule has 1 aromatic carbocycles. The van der Waals surface area contributed by atoms with Crippen molar-refractivity contribution in [2.24, 2.45) is 13.0 Å². The Labute approximate surface area is 118 Å². The molecule has 1 aromatic heterocycles. The molecule has 20 heavy (non-hydrogen) atoms. The fraction of sp³-hybridized carbons (Fsp3) is 0.467. The summed E-state index contributed by atoms with van der Waals surface area (Å²) in [7, 11) is 1.96. The van der Waals surface area contributed by atoms with Gasteiger partial charge >= 0.3 is 0 Å². The van der Waals surface area contributed by atoms with Crippen LogP contribution in [0, 0.1) is 12.8 Å². The molecule has 1 atom stereocenters. The molecular weight excluding hydrogens is 254 g/mol. The van der Waals surface area contributed by atoms with Crippen LogP contribution in [0.5, 0.6) is 0 Å². The van der Waals surface area contributed by atoms with Gasteiger partial charge in [-0.15, -0.1) is 0 Å². The topological polar surface area (TPSA) is 67.2 Å². The molecule has 0 bridgehead atoms. The van der Waals surface area contributed by atoms with Crippen LogP contribution in [0.3, 0.4) is 0 Å². The number of rotatable bonds is 5. The van der Waals surface area contributed by atoms with Crippen LogP contribution >= 0.6 is 0 Å². The zero-order valence-corrected chi connectivity index (χ0v) is 12.2. The summed E-state index contributed by atoms with van der Waals surface area (Å²) in [5, 5.41) is 11.7. The minimum atomic E-state index is -0.0972. The van der Waals surface area contributed by atoms with Gasteiger partial charge in [-0.1, -0.05) is 6.92 Å². The molecule has 2 rings (SSSR count). The lowest BCUT2D eigenvalue weighted by Gasteiger charge is -2.11. The Hall–Kier alpha value is -1.88. The summed E-state index contributed by atoms with van der Waals surface area (Å²) in [6.45, 7) is 4.66. The zero-order chi connectivity index (χ0) is 14.7. The summed E-state index contributed by atoms with van der Waals surface area (Å²) in [5.41, 5.74) is 2.47. The second-order valence-electron chi connectivity index (χ2n) is 5.25. The molecule has 0 spiro atoms. The number of fused-ring (bicyclic) bond motifs is 1. The van der Waals surface area contributed by atoms with Gasteiger partial charge < -0.3 is 15.0 Å². The molecule has 0 fully saturated rings. The number of aryl methyl sites for hydroxylation is 2. The summed E-state index contributed by atoms with van der Waals surface area (Å²) >= 11 is 0. The first-order valence-corrected chi connectivity index (χ1v) is 6.85. The summed E-state index contributed by atoms with van der Waals surface area (Å²) < 4.78 is 2.00. The van der Waals surface area contributed by atoms with Crippen LogP contribution in [0.25, 0.3) is 11.0 Å². The predicted octanol–water partition coefficient (Wildman–Crippen LogP) is 1.63. The maximum atomic E-state index is 12.1. The van der Waals surface area contributed by atoms with Gasteiger partial charge in [0.05, 0.1) is 11.0 Å². The largest absolute Gasteiger partial charge is 0.396 e. The van der Waals surface area contributed by atoms with Crippen LogP contribution in [0.4, 0.5) is 0 Å². The quantitative estimate of drug-likeness (QED) is 0.871. The maximum absolute atomic E-state index is 12.1. The third-order valence-electron chi connectivity index (χ3n) is 3.60. The third-order valence-corrected chi connectivity index (χ3v) is 3.60. The molecule has 0 saturated heterocycles. The summed E-state index contributed by atoms with van der Waals surface area (Å²) in [6.07, 6.45) is 0.693. The van der Waals surface area contributed by atoms with Crippen LogP contribution in [0.15, 0.2) is 18.2 Å². The van der Waals surface area contributed by atoms with Crippen LogP contribution in [-0.4, -0.2) is 33.7 Å². The number of hydrogen-bond acceptors (Lipinski definition) is 3. The number of benzene rings is 1. The van der Waals surface area contributed by atoms with Gasteiger partial charge in [-0.25, -0.2) is 4.98 Å². The second-order valence-corrected chi connectivity index (χ2v) is 5.25. The molecule has 0 aliphatic rings. The van der Waals surface area contributed by atoms with Gasteiger partial charge in [-0.3, -0.25) is 4.79 Å². The molecule has 5 nitrogen and oxygen atoms in total. The number of aliphatic hydroxyl groups is 1. The molecule has 5 heteroatoms. The molecule has 0 aliphatic heterocycles. The van der Waals surface area contributed by atoms with Crippen molar-refractivity contribution in [3.63, 3.8) is 0 Å². The van der Waals surface area contributed by atoms with Gasteiger partial charge in [0.25, 0.3) is 5.91 Å². The number of imidazole rings is 1. The standard InChI is InChI=1S/C15H21N3O2/c1-10(6-7-19)9-16-15(20)12-4-5-14-13(8-12)17-11(2)18(14)3/h4-5,8,10,19H,6-7,9H2,1-3H3,(H,16,20). The van der Waals surface area contributed by atoms with Crippen molar-refractivity contribution in [1.29, 1.82) is 0 Å². The monoisotopic (exact) mass is 275 g/mol. The van der Waals surface area contributed by atoms with Crippen molar-refractivity contribution >= 4 is 16.9 Å². The van der Waals surface area contributed by atoms with Gasteiger partial charge in [-0.05, 0) is 37.5 Å². The van der Waals surface area contributed by atoms with Gasteiger partial charge in [0.2, 0.25) is 0 Å². The van der Waals surface area contributed by atoms with Gasteiger partial charge in [0.1, 0.15) is 5.82 Å². The highest BCUT2D eigenvalue weighted by atomic mass is 16.3. The summed E-state index contributed by atoms with van der Waals surface area (Å²) in [6, 6.07) is 5.55. The van der Waals surface area contributed by atoms with Crippen molar-refractivity contribution in [2.45, 2.75) is 20.3 Å². The Kier molecular flexibility index (Phi) is 4.39. The van der Waals surface area contributed by atoms with Gasteiger partial charge in [0.15, 0.2) is 0 Å². The van der Waals surface area contributed by atoms with Crippen molar-refractivity contribution in [2.75, 3.05) is 13.2 Å². The van der Waals surface area contributed by atoms with Gasteiger partial charge in [-0.2, -0.15) is 0 Å². The second kappa shape index (κ2) is 6.05. The maximum Gasteiger partial charge on any atom is 0.251 e. The highest BCUT2D eigenvalue weighted by Crippen LogP contribution is 2.16. The number of carbonyl (C=O) groups excluding carboxylic acids is 1. The highest BCUT2D eigenvalue weighted by molar-refractivity contribution is 5.97. The van der Waals surface area contributed by atoms with E-state index < -0.39 is 0 Å². The molecule has 0 radical (unpaired) electrons. The number of carbonyl (C=O) groups is 1. The molecule has 1 amide bonds. The van der Waals surface area contributed by atoms with Crippen LogP contribution in [0.2, 0.25) is 0 Å². The molecule has 0 saturated carbocycles. The minimum absolute atomic E-state index is 0.0972. The Morgan fingerprint density at radius 2 is 2.25 bits per heavy atom. The van der Waals surface area contributed by atoms with E-state index in [1.54, 1.807) is 0 Å². The van der Waals surface area contributed by atoms with Crippen molar-refractivity contribution < 1.29 is 9.90 Å². The average molecular weight is 275 g/mol. The molecule has 1 unspecified atom stereocenters. The first-order chi connectivity index (χ1) is 9.52. The number of aliphatic hydroxyl groups excluding tert-OH is 1. The summed E-state index contributed by atoms with van der Waals surface area (Å²) in [5.74, 6) is 1.10. The fourth-order valence-corrected chi connectivity index (χ4v) is 2.15. The Balaban J connectivity index is 2.10. The number of aromatic nitrogens is 2. The lowest BCUT2D eigenvalue weighted by atomic mass is 10.1. The number of amides is 1. The van der Waals surface area contributed by atoms with E-state index in [0.717, 1.165) is 16.9 Å². The van der Waals surface area contributed by atoms with Crippen LogP contribution in [-0.2, 0) is 7.05 Å². The van der Waals surface area contributed by atoms with E-state index in [-0.39, 0.29) is 18.4 Å². The molecule has 2 aromatic rings. The Bertz CT molecular complexity index is 619. The lowest BCUT2D eigenvalue weighted by molar-refractivity contribution is 0.0945. The minimum Gasteiger partial charge on any atom is -0.396 e. The van der Waals surface area contributed by atoms with E-state index >= 15 is 0 Å². The predicted molar refractivity (Wildman–Crippen MR) is 78.7 cm³/mol. The van der Waals surface area contributed by atoms with Crippen LogP contribution < -0.4 is 5.32 Å². The SMILES string of the molecule is Cc1nc2cc(C(=O)NCC(C)CCO)ccc2n1C. The number of hydrogen-bond donors (Lipinski definition) is 2. The molecular formula is C15H21N3O2. The molecule has 1 heterocycles. The van der Waals surface area contributed by atoms with Gasteiger partial charge in [0, 0.05) is 25.8 Å². The number of nitrogens with one attached hydrogen (secondary N) is 1. The smallest absolute Gasteiger partial charge is 0.251 e. The fourth-order valence-electron chi connectivity index (χ4n) is 2.15. The Morgan fingerprint density at radius 3 is 2.95 bits per heavy atom. The molecule has 2 N–H and O–H groups in total. The molecule has 0 aliphatic carbocycles. The summed E-state index contributed by atoms with van der Waals surface area (Å²) in [4.78, 5) is 16.5. The first kappa shape index (κ1) is 14.5. The van der Waals surface area contributed by atoms with E-state index in [0.29, 0.717) is 18.5 Å². The zero-order valence-electron chi connectivity index (χ0n) is 12.2. The Morgan fingerprint density at radius 1 is 1.50 bits per heavy atom.